The highest BCUT2D eigenvalue weighted by molar-refractivity contribution is 5.98. The minimum Gasteiger partial charge on any atom is -0.508 e. The molecule has 0 aliphatic heterocycles. The predicted molar refractivity (Wildman–Crippen MR) is 295 cm³/mol. The first kappa shape index (κ1) is 64.6. The van der Waals surface area contributed by atoms with Crippen LogP contribution < -0.4 is 59.7 Å². The number of phenols is 1. The molecule has 28 heteroatoms. The van der Waals surface area contributed by atoms with Gasteiger partial charge in [0.25, 0.3) is 0 Å². The topological polar surface area (TPSA) is 458 Å². The van der Waals surface area contributed by atoms with E-state index in [9.17, 15) is 58.5 Å². The Morgan fingerprint density at radius 2 is 1.12 bits per heavy atom. The van der Waals surface area contributed by atoms with E-state index in [0.717, 1.165) is 0 Å². The summed E-state index contributed by atoms with van der Waals surface area (Å²) in [5.41, 5.74) is 19.2. The van der Waals surface area contributed by atoms with E-state index in [0.29, 0.717) is 28.9 Å². The zero-order valence-corrected chi connectivity index (χ0v) is 45.8. The van der Waals surface area contributed by atoms with Crippen LogP contribution in [0.4, 0.5) is 0 Å². The van der Waals surface area contributed by atoms with Crippen LogP contribution in [0.25, 0.3) is 0 Å². The van der Waals surface area contributed by atoms with Gasteiger partial charge in [-0.2, -0.15) is 0 Å². The van der Waals surface area contributed by atoms with Crippen LogP contribution in [0.1, 0.15) is 76.4 Å². The third-order valence-corrected chi connectivity index (χ3v) is 13.0. The smallest absolute Gasteiger partial charge is 0.326 e. The van der Waals surface area contributed by atoms with Crippen molar-refractivity contribution in [2.75, 3.05) is 13.1 Å². The number of aromatic nitrogens is 4. The van der Waals surface area contributed by atoms with E-state index < -0.39 is 126 Å². The molecule has 8 amide bonds. The lowest BCUT2D eigenvalue weighted by atomic mass is 9.96. The van der Waals surface area contributed by atoms with Crippen LogP contribution >= 0.6 is 0 Å². The molecule has 0 bridgehead atoms. The van der Waals surface area contributed by atoms with Gasteiger partial charge in [-0.05, 0) is 61.3 Å². The van der Waals surface area contributed by atoms with Gasteiger partial charge in [0.1, 0.15) is 48.0 Å². The largest absolute Gasteiger partial charge is 0.508 e. The van der Waals surface area contributed by atoms with Crippen LogP contribution in [0.5, 0.6) is 5.75 Å². The number of H-pyrrole nitrogens is 2. The third-order valence-electron chi connectivity index (χ3n) is 13.0. The number of benzene rings is 2. The summed E-state index contributed by atoms with van der Waals surface area (Å²) in [6.45, 7) is 7.30. The lowest BCUT2D eigenvalue weighted by Crippen LogP contribution is -2.62. The van der Waals surface area contributed by atoms with Gasteiger partial charge in [0.2, 0.25) is 47.3 Å². The molecule has 0 aliphatic carbocycles. The van der Waals surface area contributed by atoms with E-state index in [4.69, 9.17) is 17.2 Å². The number of hydrogen-bond donors (Lipinski definition) is 16. The molecule has 10 atom stereocenters. The van der Waals surface area contributed by atoms with E-state index >= 15 is 0 Å². The number of carboxylic acid groups (broad SMARTS) is 1. The number of carbonyl (C=O) groups is 9. The molecule has 2 aromatic heterocycles. The summed E-state index contributed by atoms with van der Waals surface area (Å²) >= 11 is 0. The Balaban J connectivity index is 1.49. The average molecular weight is 1130 g/mol. The first-order valence-electron chi connectivity index (χ1n) is 26.3. The number of nitrogens with two attached hydrogens (primary N) is 3. The highest BCUT2D eigenvalue weighted by atomic mass is 16.4. The van der Waals surface area contributed by atoms with E-state index in [1.54, 1.807) is 70.2 Å². The minimum atomic E-state index is -1.77. The number of imidazole rings is 2. The number of hydrogen-bond acceptors (Lipinski definition) is 15. The Kier molecular flexibility index (Phi) is 25.7. The van der Waals surface area contributed by atoms with Crippen LogP contribution in [0.2, 0.25) is 0 Å². The van der Waals surface area contributed by atoms with E-state index in [1.807, 2.05) is 0 Å². The molecule has 4 aromatic rings. The number of aliphatic imine (C=N–C) groups is 1. The average Bonchev–Trinajstić information content (AvgIpc) is 4.17. The van der Waals surface area contributed by atoms with Crippen molar-refractivity contribution in [3.63, 3.8) is 0 Å². The van der Waals surface area contributed by atoms with Gasteiger partial charge in [0.15, 0.2) is 5.96 Å². The summed E-state index contributed by atoms with van der Waals surface area (Å²) in [6.07, 6.45) is 3.93. The molecule has 2 aromatic carbocycles. The van der Waals surface area contributed by atoms with Crippen molar-refractivity contribution in [2.24, 2.45) is 34.0 Å². The Bertz CT molecular complexity index is 2720. The van der Waals surface area contributed by atoms with Crippen molar-refractivity contribution < 1.29 is 58.5 Å². The molecule has 81 heavy (non-hydrogen) atoms. The molecule has 0 saturated carbocycles. The van der Waals surface area contributed by atoms with Gasteiger partial charge in [-0.3, -0.25) is 43.3 Å². The zero-order chi connectivity index (χ0) is 59.8. The van der Waals surface area contributed by atoms with Crippen LogP contribution in [0, 0.1) is 11.8 Å². The SMILES string of the molecule is CC[C@H](C)[C@H](NC(=O)[C@H](CCCN=C(N)N)NC(=O)[C@@H](N)Cc1ccc(O)cc1)C(=O)N[C@@H](Cc1cnc[nH]1)C(=O)N[C@H](C(=O)N[C@@H](Cc1cnc[nH]1)C(=O)NCC(=O)N[C@H](C(=O)N[C@@H](Cc1ccccc1)C(=O)O)C(C)C)[C@@H](C)O. The van der Waals surface area contributed by atoms with E-state index in [1.165, 1.54) is 44.1 Å². The summed E-state index contributed by atoms with van der Waals surface area (Å²) in [6, 6.07) is 3.73. The van der Waals surface area contributed by atoms with Crippen LogP contribution in [0.3, 0.4) is 0 Å². The molecule has 0 fully saturated rings. The van der Waals surface area contributed by atoms with Crippen LogP contribution in [0.15, 0.2) is 84.6 Å². The fourth-order valence-corrected chi connectivity index (χ4v) is 8.18. The first-order chi connectivity index (χ1) is 38.4. The molecule has 4 rings (SSSR count). The maximum Gasteiger partial charge on any atom is 0.326 e. The third kappa shape index (κ3) is 21.7. The molecule has 0 saturated heterocycles. The van der Waals surface area contributed by atoms with Crippen LogP contribution in [-0.4, -0.2) is 162 Å². The Morgan fingerprint density at radius 3 is 1.65 bits per heavy atom. The summed E-state index contributed by atoms with van der Waals surface area (Å²) in [4.78, 5) is 140. The predicted octanol–water partition coefficient (Wildman–Crippen LogP) is -2.83. The summed E-state index contributed by atoms with van der Waals surface area (Å²) in [7, 11) is 0. The number of guanidine groups is 1. The molecule has 0 aliphatic rings. The molecule has 0 unspecified atom stereocenters. The molecular weight excluding hydrogens is 1050 g/mol. The number of carbonyl (C=O) groups excluding carboxylic acids is 8. The molecule has 0 spiro atoms. The lowest BCUT2D eigenvalue weighted by Gasteiger charge is -2.30. The Hall–Kier alpha value is -8.92. The maximum atomic E-state index is 14.4. The zero-order valence-electron chi connectivity index (χ0n) is 45.8. The Labute approximate surface area is 467 Å². The number of aromatic hydroxyl groups is 1. The number of aliphatic carboxylic acids is 1. The maximum absolute atomic E-state index is 14.4. The summed E-state index contributed by atoms with van der Waals surface area (Å²) in [5.74, 6) is -9.41. The van der Waals surface area contributed by atoms with Gasteiger partial charge in [-0.15, -0.1) is 0 Å². The number of nitrogens with zero attached hydrogens (tertiary/aromatic N) is 3. The summed E-state index contributed by atoms with van der Waals surface area (Å²) in [5, 5.41) is 50.9. The highest BCUT2D eigenvalue weighted by Gasteiger charge is 2.37. The molecule has 2 heterocycles. The molecule has 28 nitrogen and oxygen atoms in total. The fraction of sp³-hybridized carbons (Fsp3) is 0.472. The number of aromatic amines is 2. The van der Waals surface area contributed by atoms with Crippen molar-refractivity contribution in [3.8, 4) is 5.75 Å². The minimum absolute atomic E-state index is 0.00936. The van der Waals surface area contributed by atoms with E-state index in [-0.39, 0.29) is 56.8 Å². The number of rotatable bonds is 33. The van der Waals surface area contributed by atoms with Gasteiger partial charge < -0.3 is 85.0 Å². The molecule has 440 valence electrons. The lowest BCUT2D eigenvalue weighted by molar-refractivity contribution is -0.142. The number of carboxylic acids is 1. The van der Waals surface area contributed by atoms with Gasteiger partial charge >= 0.3 is 5.97 Å². The van der Waals surface area contributed by atoms with Crippen LogP contribution in [-0.2, 0) is 68.8 Å². The number of nitrogens with one attached hydrogen (secondary N) is 10. The number of aliphatic hydroxyl groups is 1. The van der Waals surface area contributed by atoms with Gasteiger partial charge in [0.05, 0.1) is 31.3 Å². The van der Waals surface area contributed by atoms with Crippen molar-refractivity contribution in [3.05, 3.63) is 102 Å². The van der Waals surface area contributed by atoms with Gasteiger partial charge in [0, 0.05) is 49.6 Å². The number of amides is 8. The van der Waals surface area contributed by atoms with Crippen molar-refractivity contribution in [1.29, 1.82) is 0 Å². The molecular formula is C53H76N16O12. The normalized spacial score (nSPS) is 14.8. The van der Waals surface area contributed by atoms with Crippen molar-refractivity contribution >= 4 is 59.2 Å². The second kappa shape index (κ2) is 32.2. The quantitative estimate of drug-likeness (QED) is 0.0130. The molecule has 0 radical (unpaired) electrons. The first-order valence-corrected chi connectivity index (χ1v) is 26.3. The highest BCUT2D eigenvalue weighted by Crippen LogP contribution is 2.14. The second-order valence-electron chi connectivity index (χ2n) is 19.9. The van der Waals surface area contributed by atoms with E-state index in [2.05, 4.69) is 67.5 Å². The number of phenolic OH excluding ortho intramolecular Hbond substituents is 1. The monoisotopic (exact) mass is 1130 g/mol. The number of aliphatic hydroxyl groups excluding tert-OH is 1. The Morgan fingerprint density at radius 1 is 0.605 bits per heavy atom. The second-order valence-corrected chi connectivity index (χ2v) is 19.9. The van der Waals surface area contributed by atoms with Gasteiger partial charge in [-0.1, -0.05) is 76.6 Å². The fourth-order valence-electron chi connectivity index (χ4n) is 8.18. The standard InChI is InChI=1S/C53H76N16O12/c1-6-29(4)43(68-47(75)37(13-10-18-59-53(55)56)63-45(73)36(54)19-32-14-16-35(71)17-15-32)50(78)65-39(22-34-24-58-27-62-34)48(76)69-44(30(5)70)51(79)64-38(21-33-23-57-26-61-33)46(74)60-25-41(72)67-42(28(2)3)49(77)66-40(52(80)81)20-31-11-8-7-9-12-31/h7-9,11-12,14-17,23-24,26-30,36-40,42-44,70-71H,6,10,13,18-22,25,54H2,1-5H3,(H,57,61)(H,58,62)(H,60,74)(H,63,73)(H,64,79)(H,65,78)(H,66,77)(H,67,72)(H,68,75)(H,69,76)(H,80,81)(H4,55,56,59)/t29-,30+,36-,37-,38-,39-,40-,42-,43-,44-/m0/s1. The molecule has 19 N–H and O–H groups in total. The van der Waals surface area contributed by atoms with Gasteiger partial charge in [-0.25, -0.2) is 14.8 Å². The summed E-state index contributed by atoms with van der Waals surface area (Å²) < 4.78 is 0. The van der Waals surface area contributed by atoms with Crippen molar-refractivity contribution in [2.45, 2.75) is 134 Å². The van der Waals surface area contributed by atoms with Crippen molar-refractivity contribution in [1.82, 2.24) is 62.5 Å².